The van der Waals surface area contributed by atoms with Crippen LogP contribution in [-0.4, -0.2) is 34.5 Å². The molecule has 1 radical (unpaired) electrons. The first-order valence-corrected chi connectivity index (χ1v) is 9.76. The van der Waals surface area contributed by atoms with E-state index in [0.717, 1.165) is 28.5 Å². The molecular formula is C24H21IrN7-2. The fraction of sp³-hybridized carbons (Fsp3) is 0.125. The van der Waals surface area contributed by atoms with E-state index in [1.54, 1.807) is 18.9 Å². The Labute approximate surface area is 200 Å². The van der Waals surface area contributed by atoms with E-state index in [1.807, 2.05) is 58.6 Å². The Morgan fingerprint density at radius 1 is 0.781 bits per heavy atom. The van der Waals surface area contributed by atoms with Crippen LogP contribution in [0, 0.1) is 26.1 Å². The van der Waals surface area contributed by atoms with Crippen molar-refractivity contribution < 1.29 is 20.1 Å². The Bertz CT molecular complexity index is 1240. The standard InChI is InChI=1S/C15H13N4.C9H8N3.Ir/c1-11-5-3-6-12(2)14(11)19-10-17-18-15(19)13-7-4-8-16-9-13;1-12-7-10-11-9(12)8-5-3-2-4-6-8;/h3-8,10H,1-2H3;2-5,7H,1H3;/q2*-1;. The van der Waals surface area contributed by atoms with Gasteiger partial charge in [-0.05, 0) is 31.2 Å². The van der Waals surface area contributed by atoms with Gasteiger partial charge in [-0.1, -0.05) is 30.0 Å². The molecule has 8 heteroatoms. The average Bonchev–Trinajstić information content (AvgIpc) is 3.45. The van der Waals surface area contributed by atoms with Crippen LogP contribution in [-0.2, 0) is 27.2 Å². The molecule has 3 heterocycles. The Balaban J connectivity index is 0.000000193. The van der Waals surface area contributed by atoms with Gasteiger partial charge in [0, 0.05) is 32.8 Å². The largest absolute Gasteiger partial charge is 0.360 e. The first-order valence-electron chi connectivity index (χ1n) is 9.76. The molecule has 0 atom stereocenters. The van der Waals surface area contributed by atoms with Gasteiger partial charge in [0.15, 0.2) is 0 Å². The van der Waals surface area contributed by atoms with Crippen molar-refractivity contribution >= 4 is 0 Å². The van der Waals surface area contributed by atoms with Crippen LogP contribution >= 0.6 is 0 Å². The van der Waals surface area contributed by atoms with Gasteiger partial charge in [-0.25, -0.2) is 0 Å². The second-order valence-corrected chi connectivity index (χ2v) is 6.97. The van der Waals surface area contributed by atoms with E-state index in [1.165, 1.54) is 11.1 Å². The summed E-state index contributed by atoms with van der Waals surface area (Å²) < 4.78 is 3.85. The molecule has 3 aromatic heterocycles. The average molecular weight is 600 g/mol. The summed E-state index contributed by atoms with van der Waals surface area (Å²) in [7, 11) is 1.91. The number of pyridine rings is 1. The number of aryl methyl sites for hydroxylation is 3. The number of hydrogen-bond donors (Lipinski definition) is 0. The van der Waals surface area contributed by atoms with Crippen molar-refractivity contribution in [2.24, 2.45) is 7.05 Å². The predicted octanol–water partition coefficient (Wildman–Crippen LogP) is 4.03. The predicted molar refractivity (Wildman–Crippen MR) is 118 cm³/mol. The molecule has 0 spiro atoms. The molecule has 0 unspecified atom stereocenters. The molecule has 0 aliphatic rings. The molecule has 0 saturated heterocycles. The van der Waals surface area contributed by atoms with E-state index in [0.29, 0.717) is 0 Å². The molecular weight excluding hydrogens is 579 g/mol. The fourth-order valence-electron chi connectivity index (χ4n) is 3.28. The molecule has 5 rings (SSSR count). The number of para-hydroxylation sites is 1. The molecule has 2 aromatic carbocycles. The van der Waals surface area contributed by atoms with Crippen LogP contribution < -0.4 is 0 Å². The minimum atomic E-state index is 0. The third-order valence-electron chi connectivity index (χ3n) is 4.74. The quantitative estimate of drug-likeness (QED) is 0.293. The smallest absolute Gasteiger partial charge is 0.114 e. The number of hydrogen-bond acceptors (Lipinski definition) is 5. The van der Waals surface area contributed by atoms with Crippen molar-refractivity contribution in [3.05, 3.63) is 96.8 Å². The summed E-state index contributed by atoms with van der Waals surface area (Å²) in [6, 6.07) is 20.8. The van der Waals surface area contributed by atoms with Crippen LogP contribution in [0.4, 0.5) is 0 Å². The van der Waals surface area contributed by atoms with E-state index in [4.69, 9.17) is 0 Å². The fourth-order valence-corrected chi connectivity index (χ4v) is 3.28. The van der Waals surface area contributed by atoms with Crippen molar-refractivity contribution in [3.8, 4) is 28.5 Å². The Morgan fingerprint density at radius 2 is 1.50 bits per heavy atom. The van der Waals surface area contributed by atoms with Crippen LogP contribution in [0.1, 0.15) is 11.1 Å². The second kappa shape index (κ2) is 10.7. The maximum absolute atomic E-state index is 4.19. The van der Waals surface area contributed by atoms with Crippen molar-refractivity contribution in [2.75, 3.05) is 0 Å². The van der Waals surface area contributed by atoms with Gasteiger partial charge in [0.05, 0.1) is 11.6 Å². The molecule has 0 fully saturated rings. The summed E-state index contributed by atoms with van der Waals surface area (Å²) in [5.74, 6) is 1.60. The molecule has 0 bridgehead atoms. The zero-order valence-electron chi connectivity index (χ0n) is 17.9. The number of benzene rings is 2. The Morgan fingerprint density at radius 3 is 2.12 bits per heavy atom. The summed E-state index contributed by atoms with van der Waals surface area (Å²) in [6.45, 7) is 4.16. The summed E-state index contributed by atoms with van der Waals surface area (Å²) in [4.78, 5) is 4.01. The van der Waals surface area contributed by atoms with E-state index in [2.05, 4.69) is 63.6 Å². The van der Waals surface area contributed by atoms with Crippen LogP contribution in [0.5, 0.6) is 0 Å². The van der Waals surface area contributed by atoms with Gasteiger partial charge in [0.1, 0.15) is 12.7 Å². The minimum Gasteiger partial charge on any atom is -0.360 e. The summed E-state index contributed by atoms with van der Waals surface area (Å²) in [6.07, 6.45) is 8.05. The van der Waals surface area contributed by atoms with Crippen LogP contribution in [0.25, 0.3) is 28.5 Å². The van der Waals surface area contributed by atoms with Gasteiger partial charge in [-0.2, -0.15) is 10.2 Å². The monoisotopic (exact) mass is 600 g/mol. The Hall–Kier alpha value is -3.48. The molecule has 0 amide bonds. The van der Waals surface area contributed by atoms with E-state index in [-0.39, 0.29) is 20.1 Å². The summed E-state index contributed by atoms with van der Waals surface area (Å²) in [5, 5.41) is 16.0. The third kappa shape index (κ3) is 5.04. The zero-order valence-corrected chi connectivity index (χ0v) is 20.3. The summed E-state index contributed by atoms with van der Waals surface area (Å²) >= 11 is 0. The van der Waals surface area contributed by atoms with Crippen molar-refractivity contribution in [1.82, 2.24) is 34.5 Å². The van der Waals surface area contributed by atoms with Gasteiger partial charge >= 0.3 is 0 Å². The number of rotatable bonds is 3. The van der Waals surface area contributed by atoms with Crippen molar-refractivity contribution in [2.45, 2.75) is 13.8 Å². The molecule has 32 heavy (non-hydrogen) atoms. The number of aromatic nitrogens is 7. The molecule has 5 aromatic rings. The normalized spacial score (nSPS) is 10.1. The van der Waals surface area contributed by atoms with Gasteiger partial charge in [0.25, 0.3) is 0 Å². The van der Waals surface area contributed by atoms with E-state index in [9.17, 15) is 0 Å². The third-order valence-corrected chi connectivity index (χ3v) is 4.74. The van der Waals surface area contributed by atoms with Gasteiger partial charge < -0.3 is 14.1 Å². The van der Waals surface area contributed by atoms with Crippen LogP contribution in [0.2, 0.25) is 0 Å². The molecule has 0 saturated carbocycles. The number of nitrogens with zero attached hydrogens (tertiary/aromatic N) is 7. The van der Waals surface area contributed by atoms with E-state index < -0.39 is 0 Å². The van der Waals surface area contributed by atoms with E-state index >= 15 is 0 Å². The SMILES string of the molecule is Cc1cccc(C)c1-n1cnnc1-c1[c-]nccc1.Cn1cnnc1-c1[c-]cccc1.[Ir]. The minimum absolute atomic E-state index is 0. The maximum atomic E-state index is 4.19. The molecule has 7 nitrogen and oxygen atoms in total. The second-order valence-electron chi connectivity index (χ2n) is 6.97. The first kappa shape index (κ1) is 23.2. The van der Waals surface area contributed by atoms with Gasteiger partial charge in [-0.3, -0.25) is 0 Å². The molecule has 0 aliphatic carbocycles. The molecule has 0 aliphatic heterocycles. The van der Waals surface area contributed by atoms with Gasteiger partial charge in [0.2, 0.25) is 0 Å². The van der Waals surface area contributed by atoms with Gasteiger partial charge in [-0.15, -0.1) is 58.2 Å². The topological polar surface area (TPSA) is 74.3 Å². The Kier molecular flexibility index (Phi) is 7.76. The molecule has 163 valence electrons. The van der Waals surface area contributed by atoms with Crippen LogP contribution in [0.15, 0.2) is 73.4 Å². The van der Waals surface area contributed by atoms with Crippen LogP contribution in [0.3, 0.4) is 0 Å². The first-order chi connectivity index (χ1) is 15.1. The zero-order chi connectivity index (χ0) is 21.6. The molecule has 0 N–H and O–H groups in total. The van der Waals surface area contributed by atoms with Crippen molar-refractivity contribution in [3.63, 3.8) is 0 Å². The summed E-state index contributed by atoms with van der Waals surface area (Å²) in [5.41, 5.74) is 5.29. The maximum Gasteiger partial charge on any atom is 0.114 e. The van der Waals surface area contributed by atoms with Crippen molar-refractivity contribution in [1.29, 1.82) is 0 Å².